The summed E-state index contributed by atoms with van der Waals surface area (Å²) in [5, 5.41) is 10.5. The number of anilines is 1. The Balaban J connectivity index is 1.50. The van der Waals surface area contributed by atoms with E-state index < -0.39 is 5.91 Å². The zero-order valence-electron chi connectivity index (χ0n) is 22.7. The number of carbonyl (C=O) groups excluding carboxylic acids is 3. The number of nitrogens with zero attached hydrogens (tertiary/aromatic N) is 2. The highest BCUT2D eigenvalue weighted by Crippen LogP contribution is 2.37. The highest BCUT2D eigenvalue weighted by atomic mass is 16.5. The summed E-state index contributed by atoms with van der Waals surface area (Å²) in [4.78, 5) is 35.5. The third-order valence-electron chi connectivity index (χ3n) is 6.16. The fraction of sp³-hybridized carbons (Fsp3) is 0.556. The molecule has 11 nitrogen and oxygen atoms in total. The Kier molecular flexibility index (Phi) is 10.4. The number of aryl methyl sites for hydroxylation is 1. The number of benzene rings is 1. The summed E-state index contributed by atoms with van der Waals surface area (Å²) < 4.78 is 18.2. The van der Waals surface area contributed by atoms with E-state index in [0.717, 1.165) is 17.8 Å². The van der Waals surface area contributed by atoms with Crippen LogP contribution < -0.4 is 16.4 Å². The van der Waals surface area contributed by atoms with Crippen LogP contribution in [0.5, 0.6) is 0 Å². The number of hydrogen-bond donors (Lipinski definition) is 3. The normalized spacial score (nSPS) is 14.3. The van der Waals surface area contributed by atoms with Crippen molar-refractivity contribution in [1.82, 2.24) is 15.1 Å². The molecule has 0 saturated heterocycles. The van der Waals surface area contributed by atoms with Crippen molar-refractivity contribution in [2.24, 2.45) is 11.1 Å². The fourth-order valence-electron chi connectivity index (χ4n) is 4.48. The Morgan fingerprint density at radius 3 is 2.29 bits per heavy atom. The van der Waals surface area contributed by atoms with Crippen molar-refractivity contribution in [3.8, 4) is 5.69 Å². The van der Waals surface area contributed by atoms with Crippen molar-refractivity contribution in [3.05, 3.63) is 40.7 Å². The summed E-state index contributed by atoms with van der Waals surface area (Å²) in [7, 11) is 0. The molecule has 2 aromatic rings. The minimum Gasteiger partial charge on any atom is -0.382 e. The first-order valence-corrected chi connectivity index (χ1v) is 12.9. The number of Topliss-reactive ketones (excluding diaryl/α,β-unsaturated/α-hetero) is 1. The van der Waals surface area contributed by atoms with Gasteiger partial charge in [-0.1, -0.05) is 13.8 Å². The van der Waals surface area contributed by atoms with Crippen molar-refractivity contribution >= 4 is 23.3 Å². The standard InChI is InChI=1S/C27H39N5O6/c1-18-25-23(16-27(3,4)17-24(25)34)32(31-18)20-5-6-21(26(28)35)22(15-20)30-8-10-37-12-14-38-13-11-36-9-7-29-19(2)33/h5-6,15,30H,7-14,16-17H2,1-4H3,(H2,28,35)(H,29,33). The quantitative estimate of drug-likeness (QED) is 0.297. The van der Waals surface area contributed by atoms with Gasteiger partial charge in [-0.2, -0.15) is 5.10 Å². The number of nitrogens with one attached hydrogen (secondary N) is 2. The van der Waals surface area contributed by atoms with E-state index in [2.05, 4.69) is 29.6 Å². The third-order valence-corrected chi connectivity index (χ3v) is 6.16. The van der Waals surface area contributed by atoms with E-state index >= 15 is 0 Å². The fourth-order valence-corrected chi connectivity index (χ4v) is 4.48. The Morgan fingerprint density at radius 1 is 1.03 bits per heavy atom. The zero-order valence-corrected chi connectivity index (χ0v) is 22.7. The van der Waals surface area contributed by atoms with Crippen LogP contribution in [0.25, 0.3) is 5.69 Å². The molecular formula is C27H39N5O6. The second-order valence-electron chi connectivity index (χ2n) is 10.1. The van der Waals surface area contributed by atoms with Crippen molar-refractivity contribution in [2.75, 3.05) is 58.0 Å². The van der Waals surface area contributed by atoms with Crippen LogP contribution in [0.1, 0.15) is 59.3 Å². The monoisotopic (exact) mass is 529 g/mol. The first-order valence-electron chi connectivity index (χ1n) is 12.9. The van der Waals surface area contributed by atoms with Gasteiger partial charge in [0.2, 0.25) is 5.91 Å². The molecule has 3 rings (SSSR count). The van der Waals surface area contributed by atoms with Crippen molar-refractivity contribution in [2.45, 2.75) is 40.5 Å². The van der Waals surface area contributed by atoms with Gasteiger partial charge in [-0.15, -0.1) is 0 Å². The second kappa shape index (κ2) is 13.5. The molecule has 0 fully saturated rings. The van der Waals surface area contributed by atoms with E-state index in [1.807, 2.05) is 13.0 Å². The van der Waals surface area contributed by atoms with Crippen LogP contribution in [0, 0.1) is 12.3 Å². The maximum absolute atomic E-state index is 12.8. The Morgan fingerprint density at radius 2 is 1.66 bits per heavy atom. The van der Waals surface area contributed by atoms with Crippen LogP contribution in [0.2, 0.25) is 0 Å². The molecule has 0 saturated carbocycles. The van der Waals surface area contributed by atoms with E-state index in [1.54, 1.807) is 16.8 Å². The molecule has 1 aliphatic rings. The largest absolute Gasteiger partial charge is 0.382 e. The highest BCUT2D eigenvalue weighted by molar-refractivity contribution is 6.00. The third kappa shape index (κ3) is 8.11. The maximum atomic E-state index is 12.8. The molecule has 208 valence electrons. The number of rotatable bonds is 15. The Labute approximate surface area is 223 Å². The smallest absolute Gasteiger partial charge is 0.250 e. The Bertz CT molecular complexity index is 1140. The SMILES string of the molecule is CC(=O)NCCOCCOCCOCCNc1cc(-n2nc(C)c3c2CC(C)(C)CC3=O)ccc1C(N)=O. The van der Waals surface area contributed by atoms with Gasteiger partial charge in [-0.25, -0.2) is 4.68 Å². The molecule has 2 amide bonds. The van der Waals surface area contributed by atoms with Gasteiger partial charge in [0, 0.05) is 32.1 Å². The van der Waals surface area contributed by atoms with Gasteiger partial charge in [0.15, 0.2) is 5.78 Å². The van der Waals surface area contributed by atoms with E-state index in [-0.39, 0.29) is 17.1 Å². The van der Waals surface area contributed by atoms with Gasteiger partial charge in [-0.05, 0) is 37.0 Å². The molecule has 1 aromatic heterocycles. The number of aromatic nitrogens is 2. The van der Waals surface area contributed by atoms with E-state index in [1.165, 1.54) is 6.92 Å². The molecule has 1 aromatic carbocycles. The number of primary amides is 1. The summed E-state index contributed by atoms with van der Waals surface area (Å²) in [6.45, 7) is 11.0. The molecule has 4 N–H and O–H groups in total. The first kappa shape index (κ1) is 29.3. The summed E-state index contributed by atoms with van der Waals surface area (Å²) in [6, 6.07) is 5.29. The second-order valence-corrected chi connectivity index (χ2v) is 10.1. The number of amides is 2. The minimum atomic E-state index is -0.539. The molecule has 0 aliphatic heterocycles. The number of ether oxygens (including phenoxy) is 3. The van der Waals surface area contributed by atoms with Crippen molar-refractivity contribution in [1.29, 1.82) is 0 Å². The molecule has 0 radical (unpaired) electrons. The van der Waals surface area contributed by atoms with Crippen LogP contribution in [0.15, 0.2) is 18.2 Å². The summed E-state index contributed by atoms with van der Waals surface area (Å²) in [5.41, 5.74) is 9.45. The van der Waals surface area contributed by atoms with Crippen LogP contribution in [-0.4, -0.2) is 80.1 Å². The molecule has 0 atom stereocenters. The average Bonchev–Trinajstić information content (AvgIpc) is 3.16. The van der Waals surface area contributed by atoms with Crippen LogP contribution in [0.3, 0.4) is 0 Å². The number of ketones is 1. The van der Waals surface area contributed by atoms with Gasteiger partial charge in [0.1, 0.15) is 0 Å². The lowest BCUT2D eigenvalue weighted by Gasteiger charge is -2.29. The topological polar surface area (TPSA) is 147 Å². The lowest BCUT2D eigenvalue weighted by atomic mass is 9.75. The van der Waals surface area contributed by atoms with E-state index in [9.17, 15) is 14.4 Å². The predicted octanol–water partition coefficient (Wildman–Crippen LogP) is 2.03. The number of hydrogen-bond acceptors (Lipinski definition) is 8. The molecular weight excluding hydrogens is 490 g/mol. The summed E-state index contributed by atoms with van der Waals surface area (Å²) in [6.07, 6.45) is 1.23. The molecule has 38 heavy (non-hydrogen) atoms. The zero-order chi connectivity index (χ0) is 27.7. The number of nitrogens with two attached hydrogens (primary N) is 1. The van der Waals surface area contributed by atoms with Gasteiger partial charge in [0.25, 0.3) is 5.91 Å². The molecule has 11 heteroatoms. The summed E-state index contributed by atoms with van der Waals surface area (Å²) >= 11 is 0. The van der Waals surface area contributed by atoms with E-state index in [4.69, 9.17) is 19.9 Å². The predicted molar refractivity (Wildman–Crippen MR) is 143 cm³/mol. The molecule has 0 unspecified atom stereocenters. The van der Waals surface area contributed by atoms with Crippen molar-refractivity contribution < 1.29 is 28.6 Å². The van der Waals surface area contributed by atoms with Crippen molar-refractivity contribution in [3.63, 3.8) is 0 Å². The molecule has 1 heterocycles. The van der Waals surface area contributed by atoms with Crippen LogP contribution in [0.4, 0.5) is 5.69 Å². The van der Waals surface area contributed by atoms with Gasteiger partial charge in [0.05, 0.1) is 67.8 Å². The lowest BCUT2D eigenvalue weighted by Crippen LogP contribution is -2.28. The average molecular weight is 530 g/mol. The molecule has 1 aliphatic carbocycles. The number of carbonyl (C=O) groups is 3. The van der Waals surface area contributed by atoms with Crippen LogP contribution >= 0.6 is 0 Å². The first-order chi connectivity index (χ1) is 18.1. The van der Waals surface area contributed by atoms with Gasteiger partial charge in [-0.3, -0.25) is 14.4 Å². The van der Waals surface area contributed by atoms with Gasteiger partial charge >= 0.3 is 0 Å². The van der Waals surface area contributed by atoms with E-state index in [0.29, 0.717) is 81.7 Å². The maximum Gasteiger partial charge on any atom is 0.250 e. The number of fused-ring (bicyclic) bond motifs is 1. The van der Waals surface area contributed by atoms with Crippen LogP contribution in [-0.2, 0) is 25.4 Å². The molecule has 0 bridgehead atoms. The Hall–Kier alpha value is -3.28. The van der Waals surface area contributed by atoms with Gasteiger partial charge < -0.3 is 30.6 Å². The lowest BCUT2D eigenvalue weighted by molar-refractivity contribution is -0.119. The summed E-state index contributed by atoms with van der Waals surface area (Å²) in [5.74, 6) is -0.506. The highest BCUT2D eigenvalue weighted by Gasteiger charge is 2.35. The molecule has 0 spiro atoms. The minimum absolute atomic E-state index is 0.0802.